The van der Waals surface area contributed by atoms with Crippen LogP contribution in [0, 0.1) is 0 Å². The molecule has 0 bridgehead atoms. The first-order chi connectivity index (χ1) is 10.3. The number of allylic oxidation sites excluding steroid dienone is 2. The average molecular weight is 278 g/mol. The van der Waals surface area contributed by atoms with Gasteiger partial charge in [0.1, 0.15) is 0 Å². The highest BCUT2D eigenvalue weighted by Gasteiger charge is 2.40. The third-order valence-corrected chi connectivity index (χ3v) is 5.41. The molecule has 3 heterocycles. The average Bonchev–Trinajstić information content (AvgIpc) is 3.12. The van der Waals surface area contributed by atoms with E-state index in [0.29, 0.717) is 12.2 Å². The Morgan fingerprint density at radius 2 is 2.05 bits per heavy atom. The highest BCUT2D eigenvalue weighted by atomic mass is 16.1. The van der Waals surface area contributed by atoms with Crippen LogP contribution in [0.25, 0.3) is 10.9 Å². The number of hydrogen-bond donors (Lipinski definition) is 1. The summed E-state index contributed by atoms with van der Waals surface area (Å²) in [5, 5.41) is 1.34. The van der Waals surface area contributed by atoms with Crippen molar-refractivity contribution in [2.45, 2.75) is 38.1 Å². The monoisotopic (exact) mass is 278 g/mol. The summed E-state index contributed by atoms with van der Waals surface area (Å²) >= 11 is 0. The zero-order valence-electron chi connectivity index (χ0n) is 12.0. The smallest absolute Gasteiger partial charge is 0.163 e. The van der Waals surface area contributed by atoms with E-state index in [1.807, 2.05) is 0 Å². The van der Waals surface area contributed by atoms with Crippen molar-refractivity contribution in [3.05, 3.63) is 46.8 Å². The number of para-hydroxylation sites is 1. The van der Waals surface area contributed by atoms with Crippen molar-refractivity contribution in [3.8, 4) is 0 Å². The number of nitrogens with one attached hydrogen (secondary N) is 1. The van der Waals surface area contributed by atoms with E-state index in [2.05, 4.69) is 34.1 Å². The van der Waals surface area contributed by atoms with Crippen LogP contribution in [0.5, 0.6) is 0 Å². The summed E-state index contributed by atoms with van der Waals surface area (Å²) in [6.07, 6.45) is 4.97. The summed E-state index contributed by atoms with van der Waals surface area (Å²) in [5.41, 5.74) is 6.41. The molecule has 1 aromatic carbocycles. The van der Waals surface area contributed by atoms with Crippen molar-refractivity contribution in [2.75, 3.05) is 6.54 Å². The number of carbonyl (C=O) groups is 1. The molecule has 0 saturated heterocycles. The highest BCUT2D eigenvalue weighted by molar-refractivity contribution is 5.98. The van der Waals surface area contributed by atoms with Gasteiger partial charge < -0.3 is 9.88 Å². The second kappa shape index (κ2) is 4.00. The number of hydrogen-bond acceptors (Lipinski definition) is 2. The molecule has 1 unspecified atom stereocenters. The summed E-state index contributed by atoms with van der Waals surface area (Å²) in [4.78, 5) is 18.6. The molecule has 2 aliphatic heterocycles. The standard InChI is InChI=1S/C18H18N2O/c21-17-10-16-18-12(11-4-1-2-6-14(11)19-18)8-9-20(16)15-7-3-5-13(15)17/h1-2,4,6,16,19H,3,5,7-10H2. The van der Waals surface area contributed by atoms with Gasteiger partial charge in [-0.15, -0.1) is 0 Å². The molecule has 5 rings (SSSR count). The van der Waals surface area contributed by atoms with Crippen molar-refractivity contribution < 1.29 is 4.79 Å². The molecule has 3 aliphatic rings. The van der Waals surface area contributed by atoms with Crippen LogP contribution in [0.3, 0.4) is 0 Å². The van der Waals surface area contributed by atoms with Gasteiger partial charge in [-0.25, -0.2) is 0 Å². The lowest BCUT2D eigenvalue weighted by atomic mass is 9.88. The quantitative estimate of drug-likeness (QED) is 0.801. The minimum Gasteiger partial charge on any atom is -0.365 e. The fourth-order valence-electron chi connectivity index (χ4n) is 4.50. The molecule has 3 nitrogen and oxygen atoms in total. The van der Waals surface area contributed by atoms with Gasteiger partial charge in [-0.2, -0.15) is 0 Å². The predicted octanol–water partition coefficient (Wildman–Crippen LogP) is 3.48. The van der Waals surface area contributed by atoms with E-state index in [4.69, 9.17) is 0 Å². The molecule has 2 aromatic rings. The largest absolute Gasteiger partial charge is 0.365 e. The van der Waals surface area contributed by atoms with E-state index in [1.54, 1.807) is 0 Å². The van der Waals surface area contributed by atoms with Crippen molar-refractivity contribution in [1.82, 2.24) is 9.88 Å². The van der Waals surface area contributed by atoms with Crippen molar-refractivity contribution in [3.63, 3.8) is 0 Å². The van der Waals surface area contributed by atoms with Gasteiger partial charge in [0.2, 0.25) is 0 Å². The molecule has 0 fully saturated rings. The molecule has 21 heavy (non-hydrogen) atoms. The maximum atomic E-state index is 12.5. The van der Waals surface area contributed by atoms with Crippen LogP contribution < -0.4 is 0 Å². The SMILES string of the molecule is O=C1CC2c3[nH]c4ccccc4c3CCN2C2=C1CCC2. The highest BCUT2D eigenvalue weighted by Crippen LogP contribution is 2.45. The number of carbonyl (C=O) groups excluding carboxylic acids is 1. The molecule has 0 saturated carbocycles. The number of ketones is 1. The Bertz CT molecular complexity index is 799. The van der Waals surface area contributed by atoms with Crippen LogP contribution in [0.2, 0.25) is 0 Å². The fraction of sp³-hybridized carbons (Fsp3) is 0.389. The van der Waals surface area contributed by atoms with Gasteiger partial charge in [-0.1, -0.05) is 18.2 Å². The van der Waals surface area contributed by atoms with Gasteiger partial charge in [-0.05, 0) is 37.3 Å². The second-order valence-corrected chi connectivity index (χ2v) is 6.43. The van der Waals surface area contributed by atoms with Gasteiger partial charge in [0.15, 0.2) is 5.78 Å². The molecule has 106 valence electrons. The summed E-state index contributed by atoms with van der Waals surface area (Å²) in [7, 11) is 0. The number of rotatable bonds is 0. The topological polar surface area (TPSA) is 36.1 Å². The first-order valence-corrected chi connectivity index (χ1v) is 7.94. The first kappa shape index (κ1) is 11.6. The summed E-state index contributed by atoms with van der Waals surface area (Å²) in [6, 6.07) is 8.76. The normalized spacial score (nSPS) is 24.3. The van der Waals surface area contributed by atoms with E-state index >= 15 is 0 Å². The lowest BCUT2D eigenvalue weighted by Crippen LogP contribution is -2.39. The third kappa shape index (κ3) is 1.46. The number of fused-ring (bicyclic) bond motifs is 6. The molecule has 0 spiro atoms. The lowest BCUT2D eigenvalue weighted by Gasteiger charge is -2.41. The van der Waals surface area contributed by atoms with Crippen LogP contribution in [0.1, 0.15) is 43.0 Å². The number of benzene rings is 1. The number of H-pyrrole nitrogens is 1. The molecule has 1 aliphatic carbocycles. The van der Waals surface area contributed by atoms with Crippen LogP contribution in [0.4, 0.5) is 0 Å². The summed E-state index contributed by atoms with van der Waals surface area (Å²) < 4.78 is 0. The van der Waals surface area contributed by atoms with Gasteiger partial charge in [-0.3, -0.25) is 4.79 Å². The molecule has 0 radical (unpaired) electrons. The zero-order valence-corrected chi connectivity index (χ0v) is 12.0. The third-order valence-electron chi connectivity index (χ3n) is 5.41. The van der Waals surface area contributed by atoms with E-state index < -0.39 is 0 Å². The minimum atomic E-state index is 0.241. The fourth-order valence-corrected chi connectivity index (χ4v) is 4.50. The minimum absolute atomic E-state index is 0.241. The Labute approximate surface area is 123 Å². The Kier molecular flexibility index (Phi) is 2.21. The Morgan fingerprint density at radius 1 is 1.14 bits per heavy atom. The number of aromatic nitrogens is 1. The van der Waals surface area contributed by atoms with Crippen molar-refractivity contribution in [1.29, 1.82) is 0 Å². The van der Waals surface area contributed by atoms with Crippen LogP contribution in [-0.4, -0.2) is 22.2 Å². The molecule has 1 N–H and O–H groups in total. The van der Waals surface area contributed by atoms with Crippen LogP contribution in [-0.2, 0) is 11.2 Å². The number of nitrogens with zero attached hydrogens (tertiary/aromatic N) is 1. The van der Waals surface area contributed by atoms with Crippen molar-refractivity contribution >= 4 is 16.7 Å². The second-order valence-electron chi connectivity index (χ2n) is 6.43. The van der Waals surface area contributed by atoms with E-state index in [1.165, 1.54) is 27.9 Å². The van der Waals surface area contributed by atoms with E-state index in [-0.39, 0.29) is 6.04 Å². The maximum absolute atomic E-state index is 12.5. The zero-order chi connectivity index (χ0) is 14.0. The van der Waals surface area contributed by atoms with Crippen LogP contribution >= 0.6 is 0 Å². The molecular formula is C18H18N2O. The molecule has 3 heteroatoms. The molecule has 1 atom stereocenters. The van der Waals surface area contributed by atoms with E-state index in [9.17, 15) is 4.79 Å². The maximum Gasteiger partial charge on any atom is 0.163 e. The number of Topliss-reactive ketones (excluding diaryl/α,β-unsaturated/α-hetero) is 1. The predicted molar refractivity (Wildman–Crippen MR) is 82.0 cm³/mol. The Balaban J connectivity index is 1.69. The Morgan fingerprint density at radius 3 is 3.00 bits per heavy atom. The lowest BCUT2D eigenvalue weighted by molar-refractivity contribution is -0.118. The summed E-state index contributed by atoms with van der Waals surface area (Å²) in [6.45, 7) is 1.06. The van der Waals surface area contributed by atoms with E-state index in [0.717, 1.165) is 37.8 Å². The van der Waals surface area contributed by atoms with Gasteiger partial charge in [0.05, 0.1) is 6.04 Å². The van der Waals surface area contributed by atoms with Crippen LogP contribution in [0.15, 0.2) is 35.5 Å². The summed E-state index contributed by atoms with van der Waals surface area (Å²) in [5.74, 6) is 0.384. The first-order valence-electron chi connectivity index (χ1n) is 7.94. The van der Waals surface area contributed by atoms with Gasteiger partial charge >= 0.3 is 0 Å². The van der Waals surface area contributed by atoms with Crippen molar-refractivity contribution in [2.24, 2.45) is 0 Å². The van der Waals surface area contributed by atoms with Gasteiger partial charge in [0, 0.05) is 40.8 Å². The number of aromatic amines is 1. The van der Waals surface area contributed by atoms with Gasteiger partial charge in [0.25, 0.3) is 0 Å². The molecular weight excluding hydrogens is 260 g/mol. The Hall–Kier alpha value is -2.03. The molecule has 1 aromatic heterocycles. The molecule has 0 amide bonds.